The van der Waals surface area contributed by atoms with Crippen LogP contribution in [0.5, 0.6) is 0 Å². The molecular weight excluding hydrogens is 252 g/mol. The molecule has 0 heterocycles. The Labute approximate surface area is 110 Å². The fourth-order valence-corrected chi connectivity index (χ4v) is 0.713. The van der Waals surface area contributed by atoms with E-state index in [2.05, 4.69) is 10.3 Å². The smallest absolute Gasteiger partial charge is 0.346 e. The highest BCUT2D eigenvalue weighted by molar-refractivity contribution is 6.21. The summed E-state index contributed by atoms with van der Waals surface area (Å²) in [4.78, 5) is 31.5. The largest absolute Gasteiger partial charge is 0.481 e. The molecule has 19 heavy (non-hydrogen) atoms. The number of aliphatic imine (C=N–C) groups is 1. The second kappa shape index (κ2) is 13.4. The summed E-state index contributed by atoms with van der Waals surface area (Å²) >= 11 is 0. The Bertz CT molecular complexity index is 400. The predicted octanol–water partition coefficient (Wildman–Crippen LogP) is 1.12. The lowest BCUT2D eigenvalue weighted by molar-refractivity contribution is -0.134. The van der Waals surface area contributed by atoms with Gasteiger partial charge in [-0.2, -0.15) is 0 Å². The van der Waals surface area contributed by atoms with Gasteiger partial charge in [-0.1, -0.05) is 18.2 Å². The standard InChI is InChI=1S/C7H7NO.C3H5NO2.C2H4O2/c9-6-8-7-4-2-1-3-5-7;1-4-2-3(5)6;1-2(3)4/h1-6H,(H,8,9);2H,1H3,(H,5,6);1H3,(H,3,4). The van der Waals surface area contributed by atoms with E-state index in [0.29, 0.717) is 6.41 Å². The highest BCUT2D eigenvalue weighted by atomic mass is 16.4. The van der Waals surface area contributed by atoms with Gasteiger partial charge in [-0.25, -0.2) is 4.79 Å². The zero-order valence-electron chi connectivity index (χ0n) is 10.6. The van der Waals surface area contributed by atoms with Gasteiger partial charge in [0.2, 0.25) is 6.41 Å². The zero-order chi connectivity index (χ0) is 15.1. The molecule has 1 aromatic rings. The van der Waals surface area contributed by atoms with Crippen LogP contribution in [0.25, 0.3) is 0 Å². The normalized spacial score (nSPS) is 8.32. The van der Waals surface area contributed by atoms with Crippen molar-refractivity contribution in [1.29, 1.82) is 0 Å². The average Bonchev–Trinajstić information content (AvgIpc) is 2.30. The van der Waals surface area contributed by atoms with Crippen molar-refractivity contribution >= 4 is 30.3 Å². The van der Waals surface area contributed by atoms with Crippen LogP contribution in [0.1, 0.15) is 6.92 Å². The van der Waals surface area contributed by atoms with Gasteiger partial charge in [0.25, 0.3) is 5.97 Å². The SMILES string of the molecule is CC(=O)O.CN=CC(=O)O.O=CNc1ccccc1. The predicted molar refractivity (Wildman–Crippen MR) is 71.5 cm³/mol. The van der Waals surface area contributed by atoms with Crippen molar-refractivity contribution in [3.8, 4) is 0 Å². The number of benzene rings is 1. The van der Waals surface area contributed by atoms with Crippen molar-refractivity contribution in [2.24, 2.45) is 4.99 Å². The fourth-order valence-electron chi connectivity index (χ4n) is 0.713. The number of carbonyl (C=O) groups is 3. The molecule has 0 aliphatic rings. The number of aliphatic carboxylic acids is 2. The van der Waals surface area contributed by atoms with Crippen molar-refractivity contribution in [3.05, 3.63) is 30.3 Å². The van der Waals surface area contributed by atoms with Crippen LogP contribution in [0, 0.1) is 0 Å². The number of carboxylic acids is 2. The summed E-state index contributed by atoms with van der Waals surface area (Å²) in [6.45, 7) is 1.08. The lowest BCUT2D eigenvalue weighted by Gasteiger charge is -1.93. The van der Waals surface area contributed by atoms with E-state index in [4.69, 9.17) is 15.0 Å². The number of carbonyl (C=O) groups excluding carboxylic acids is 1. The quantitative estimate of drug-likeness (QED) is 0.561. The molecule has 0 fully saturated rings. The van der Waals surface area contributed by atoms with Crippen LogP contribution in [0.15, 0.2) is 35.3 Å². The first-order chi connectivity index (χ1) is 8.93. The van der Waals surface area contributed by atoms with E-state index in [1.165, 1.54) is 7.05 Å². The molecule has 1 rings (SSSR count). The number of anilines is 1. The first-order valence-corrected chi connectivity index (χ1v) is 5.03. The minimum atomic E-state index is -1.00. The van der Waals surface area contributed by atoms with Crippen LogP contribution in [0.4, 0.5) is 5.69 Å². The maximum Gasteiger partial charge on any atom is 0.346 e. The second-order valence-electron chi connectivity index (χ2n) is 2.87. The van der Waals surface area contributed by atoms with E-state index in [1.54, 1.807) is 0 Å². The Morgan fingerprint density at radius 2 is 1.68 bits per heavy atom. The lowest BCUT2D eigenvalue weighted by atomic mass is 10.3. The van der Waals surface area contributed by atoms with Gasteiger partial charge in [0.1, 0.15) is 6.21 Å². The van der Waals surface area contributed by atoms with Crippen LogP contribution in [-0.2, 0) is 14.4 Å². The summed E-state index contributed by atoms with van der Waals surface area (Å²) in [5, 5.41) is 17.7. The van der Waals surface area contributed by atoms with Crippen molar-refractivity contribution in [2.75, 3.05) is 12.4 Å². The molecule has 0 aliphatic carbocycles. The summed E-state index contributed by atoms with van der Waals surface area (Å²) in [6, 6.07) is 9.29. The van der Waals surface area contributed by atoms with Crippen LogP contribution >= 0.6 is 0 Å². The van der Waals surface area contributed by atoms with Crippen molar-refractivity contribution in [3.63, 3.8) is 0 Å². The Kier molecular flexibility index (Phi) is 13.1. The van der Waals surface area contributed by atoms with E-state index >= 15 is 0 Å². The van der Waals surface area contributed by atoms with Crippen molar-refractivity contribution < 1.29 is 24.6 Å². The van der Waals surface area contributed by atoms with Crippen molar-refractivity contribution in [2.45, 2.75) is 6.92 Å². The molecule has 0 bridgehead atoms. The summed E-state index contributed by atoms with van der Waals surface area (Å²) in [7, 11) is 1.41. The van der Waals surface area contributed by atoms with Crippen molar-refractivity contribution in [1.82, 2.24) is 0 Å². The number of hydrogen-bond donors (Lipinski definition) is 3. The van der Waals surface area contributed by atoms with Gasteiger partial charge in [-0.05, 0) is 12.1 Å². The van der Waals surface area contributed by atoms with E-state index in [0.717, 1.165) is 18.8 Å². The Balaban J connectivity index is 0. The topological polar surface area (TPSA) is 116 Å². The highest BCUT2D eigenvalue weighted by Gasteiger charge is 1.81. The minimum absolute atomic E-state index is 0.662. The highest BCUT2D eigenvalue weighted by Crippen LogP contribution is 2.01. The van der Waals surface area contributed by atoms with Crippen LogP contribution < -0.4 is 5.32 Å². The van der Waals surface area contributed by atoms with Gasteiger partial charge in [0.05, 0.1) is 0 Å². The maximum absolute atomic E-state index is 9.86. The third-order valence-corrected chi connectivity index (χ3v) is 1.24. The molecule has 0 aliphatic heterocycles. The molecule has 1 aromatic carbocycles. The van der Waals surface area contributed by atoms with Crippen LogP contribution in [-0.4, -0.2) is 41.8 Å². The molecule has 1 amide bonds. The number of nitrogens with one attached hydrogen (secondary N) is 1. The van der Waals surface area contributed by atoms with E-state index in [1.807, 2.05) is 30.3 Å². The van der Waals surface area contributed by atoms with Crippen LogP contribution in [0.2, 0.25) is 0 Å². The molecule has 0 atom stereocenters. The molecule has 0 spiro atoms. The monoisotopic (exact) mass is 268 g/mol. The molecule has 0 aromatic heterocycles. The first kappa shape index (κ1) is 18.7. The van der Waals surface area contributed by atoms with Gasteiger partial charge in [-0.15, -0.1) is 0 Å². The zero-order valence-corrected chi connectivity index (χ0v) is 10.6. The van der Waals surface area contributed by atoms with Gasteiger partial charge in [-0.3, -0.25) is 14.6 Å². The molecule has 0 saturated carbocycles. The summed E-state index contributed by atoms with van der Waals surface area (Å²) in [6.07, 6.45) is 1.50. The minimum Gasteiger partial charge on any atom is -0.481 e. The second-order valence-corrected chi connectivity index (χ2v) is 2.87. The van der Waals surface area contributed by atoms with Gasteiger partial charge < -0.3 is 15.5 Å². The molecule has 0 unspecified atom stereocenters. The molecule has 0 radical (unpaired) electrons. The number of carboxylic acid groups (broad SMARTS) is 2. The summed E-state index contributed by atoms with van der Waals surface area (Å²) in [5.74, 6) is -1.84. The molecule has 104 valence electrons. The molecule has 0 saturated heterocycles. The van der Waals surface area contributed by atoms with Gasteiger partial charge in [0.15, 0.2) is 0 Å². The summed E-state index contributed by atoms with van der Waals surface area (Å²) < 4.78 is 0. The number of nitrogens with zero attached hydrogens (tertiary/aromatic N) is 1. The number of rotatable bonds is 3. The maximum atomic E-state index is 9.86. The molecule has 7 nitrogen and oxygen atoms in total. The third kappa shape index (κ3) is 21.2. The lowest BCUT2D eigenvalue weighted by Crippen LogP contribution is -1.93. The van der Waals surface area contributed by atoms with E-state index in [-0.39, 0.29) is 0 Å². The molecular formula is C12H16N2O5. The number of amides is 1. The third-order valence-electron chi connectivity index (χ3n) is 1.24. The Morgan fingerprint density at radius 1 is 1.21 bits per heavy atom. The average molecular weight is 268 g/mol. The first-order valence-electron chi connectivity index (χ1n) is 5.03. The molecule has 7 heteroatoms. The van der Waals surface area contributed by atoms with Gasteiger partial charge in [0, 0.05) is 19.7 Å². The fraction of sp³-hybridized carbons (Fsp3) is 0.167. The van der Waals surface area contributed by atoms with Gasteiger partial charge >= 0.3 is 5.97 Å². The number of para-hydroxylation sites is 1. The summed E-state index contributed by atoms with van der Waals surface area (Å²) in [5.41, 5.74) is 0.826. The van der Waals surface area contributed by atoms with Crippen LogP contribution in [0.3, 0.4) is 0 Å². The van der Waals surface area contributed by atoms with E-state index in [9.17, 15) is 9.59 Å². The Hall–Kier alpha value is -2.70. The number of hydrogen-bond acceptors (Lipinski definition) is 4. The Morgan fingerprint density at radius 3 is 1.95 bits per heavy atom. The molecule has 3 N–H and O–H groups in total. The van der Waals surface area contributed by atoms with E-state index < -0.39 is 11.9 Å².